The molecular formula is C21H21F3N2O. The van der Waals surface area contributed by atoms with Gasteiger partial charge in [-0.15, -0.1) is 0 Å². The maximum atomic E-state index is 12.9. The van der Waals surface area contributed by atoms with E-state index in [2.05, 4.69) is 22.0 Å². The Balaban J connectivity index is 1.64. The predicted octanol–water partition coefficient (Wildman–Crippen LogP) is 4.80. The molecule has 1 aliphatic rings. The first-order valence-electron chi connectivity index (χ1n) is 9.06. The molecule has 142 valence electrons. The molecule has 1 unspecified atom stereocenters. The summed E-state index contributed by atoms with van der Waals surface area (Å²) < 4.78 is 44.2. The Labute approximate surface area is 155 Å². The van der Waals surface area contributed by atoms with Crippen molar-refractivity contribution in [2.45, 2.75) is 18.6 Å². The summed E-state index contributed by atoms with van der Waals surface area (Å²) in [5.41, 5.74) is 2.43. The third-order valence-corrected chi connectivity index (χ3v) is 5.11. The molecule has 1 atom stereocenters. The number of para-hydroxylation sites is 1. The first kappa shape index (κ1) is 18.1. The second kappa shape index (κ2) is 7.37. The van der Waals surface area contributed by atoms with Crippen LogP contribution in [0.3, 0.4) is 0 Å². The van der Waals surface area contributed by atoms with Gasteiger partial charge >= 0.3 is 6.18 Å². The SMILES string of the molecule is FC(F)(F)c1ccc(C(Cc2cc3ccccc3[nH]2)N2CCOCC2)cc1. The van der Waals surface area contributed by atoms with Crippen LogP contribution in [0, 0.1) is 0 Å². The van der Waals surface area contributed by atoms with Crippen LogP contribution in [0.2, 0.25) is 0 Å². The number of morpholine rings is 1. The van der Waals surface area contributed by atoms with E-state index >= 15 is 0 Å². The minimum Gasteiger partial charge on any atom is -0.379 e. The van der Waals surface area contributed by atoms with Gasteiger partial charge in [-0.1, -0.05) is 30.3 Å². The van der Waals surface area contributed by atoms with Crippen molar-refractivity contribution in [1.82, 2.24) is 9.88 Å². The van der Waals surface area contributed by atoms with Crippen molar-refractivity contribution >= 4 is 10.9 Å². The topological polar surface area (TPSA) is 28.3 Å². The monoisotopic (exact) mass is 374 g/mol. The normalized spacial score (nSPS) is 17.3. The lowest BCUT2D eigenvalue weighted by Gasteiger charge is -2.34. The van der Waals surface area contributed by atoms with Gasteiger partial charge < -0.3 is 9.72 Å². The number of aromatic nitrogens is 1. The van der Waals surface area contributed by atoms with Gasteiger partial charge in [0.1, 0.15) is 0 Å². The van der Waals surface area contributed by atoms with Crippen molar-refractivity contribution in [1.29, 1.82) is 0 Å². The van der Waals surface area contributed by atoms with Gasteiger partial charge in [0.2, 0.25) is 0 Å². The van der Waals surface area contributed by atoms with Crippen molar-refractivity contribution < 1.29 is 17.9 Å². The smallest absolute Gasteiger partial charge is 0.379 e. The number of rotatable bonds is 4. The molecule has 0 aliphatic carbocycles. The number of halogens is 3. The average Bonchev–Trinajstić information content (AvgIpc) is 3.09. The van der Waals surface area contributed by atoms with Crippen molar-refractivity contribution in [3.8, 4) is 0 Å². The van der Waals surface area contributed by atoms with Crippen LogP contribution in [0.5, 0.6) is 0 Å². The first-order chi connectivity index (χ1) is 13.0. The van der Waals surface area contributed by atoms with E-state index in [-0.39, 0.29) is 6.04 Å². The highest BCUT2D eigenvalue weighted by Gasteiger charge is 2.31. The molecule has 2 aromatic carbocycles. The summed E-state index contributed by atoms with van der Waals surface area (Å²) in [7, 11) is 0. The quantitative estimate of drug-likeness (QED) is 0.710. The lowest BCUT2D eigenvalue weighted by Crippen LogP contribution is -2.40. The van der Waals surface area contributed by atoms with Crippen molar-refractivity contribution in [3.05, 3.63) is 71.4 Å². The molecule has 0 amide bonds. The largest absolute Gasteiger partial charge is 0.416 e. The second-order valence-corrected chi connectivity index (χ2v) is 6.87. The Bertz CT molecular complexity index is 863. The van der Waals surface area contributed by atoms with Crippen LogP contribution in [-0.4, -0.2) is 36.2 Å². The number of hydrogen-bond acceptors (Lipinski definition) is 2. The highest BCUT2D eigenvalue weighted by atomic mass is 19.4. The zero-order valence-electron chi connectivity index (χ0n) is 14.8. The maximum Gasteiger partial charge on any atom is 0.416 e. The van der Waals surface area contributed by atoms with E-state index in [9.17, 15) is 13.2 Å². The summed E-state index contributed by atoms with van der Waals surface area (Å²) in [6.07, 6.45) is -3.61. The van der Waals surface area contributed by atoms with Gasteiger partial charge in [0.25, 0.3) is 0 Å². The Morgan fingerprint density at radius 3 is 2.37 bits per heavy atom. The summed E-state index contributed by atoms with van der Waals surface area (Å²) in [5.74, 6) is 0. The summed E-state index contributed by atoms with van der Waals surface area (Å²) >= 11 is 0. The lowest BCUT2D eigenvalue weighted by molar-refractivity contribution is -0.137. The van der Waals surface area contributed by atoms with Gasteiger partial charge in [0.15, 0.2) is 0 Å². The number of alkyl halides is 3. The van der Waals surface area contributed by atoms with Gasteiger partial charge in [-0.2, -0.15) is 13.2 Å². The van der Waals surface area contributed by atoms with Crippen LogP contribution in [0.25, 0.3) is 10.9 Å². The molecule has 0 spiro atoms. The zero-order valence-corrected chi connectivity index (χ0v) is 14.8. The number of fused-ring (bicyclic) bond motifs is 1. The van der Waals surface area contributed by atoms with E-state index in [1.165, 1.54) is 12.1 Å². The van der Waals surface area contributed by atoms with E-state index in [1.807, 2.05) is 18.2 Å². The molecule has 27 heavy (non-hydrogen) atoms. The Morgan fingerprint density at radius 1 is 1.00 bits per heavy atom. The predicted molar refractivity (Wildman–Crippen MR) is 98.6 cm³/mol. The molecule has 1 aliphatic heterocycles. The van der Waals surface area contributed by atoms with Crippen LogP contribution in [0.1, 0.15) is 22.9 Å². The highest BCUT2D eigenvalue weighted by Crippen LogP contribution is 2.32. The van der Waals surface area contributed by atoms with E-state index < -0.39 is 11.7 Å². The molecule has 3 nitrogen and oxygen atoms in total. The average molecular weight is 374 g/mol. The molecule has 2 heterocycles. The third-order valence-electron chi connectivity index (χ3n) is 5.11. The third kappa shape index (κ3) is 4.01. The van der Waals surface area contributed by atoms with E-state index in [1.54, 1.807) is 12.1 Å². The number of nitrogens with one attached hydrogen (secondary N) is 1. The molecule has 3 aromatic rings. The molecule has 1 saturated heterocycles. The fraction of sp³-hybridized carbons (Fsp3) is 0.333. The van der Waals surface area contributed by atoms with Crippen molar-refractivity contribution in [3.63, 3.8) is 0 Å². The molecular weight excluding hydrogens is 353 g/mol. The van der Waals surface area contributed by atoms with E-state index in [0.29, 0.717) is 19.6 Å². The van der Waals surface area contributed by atoms with Crippen LogP contribution in [0.15, 0.2) is 54.6 Å². The van der Waals surface area contributed by atoms with Crippen LogP contribution in [-0.2, 0) is 17.3 Å². The lowest BCUT2D eigenvalue weighted by atomic mass is 9.98. The van der Waals surface area contributed by atoms with Gasteiger partial charge in [-0.05, 0) is 35.2 Å². The molecule has 0 radical (unpaired) electrons. The molecule has 1 N–H and O–H groups in total. The van der Waals surface area contributed by atoms with Crippen molar-refractivity contribution in [2.75, 3.05) is 26.3 Å². The number of H-pyrrole nitrogens is 1. The van der Waals surface area contributed by atoms with Crippen LogP contribution < -0.4 is 0 Å². The van der Waals surface area contributed by atoms with Crippen LogP contribution >= 0.6 is 0 Å². The Kier molecular flexibility index (Phi) is 4.93. The molecule has 0 bridgehead atoms. The molecule has 1 fully saturated rings. The van der Waals surface area contributed by atoms with Crippen LogP contribution in [0.4, 0.5) is 13.2 Å². The van der Waals surface area contributed by atoms with Gasteiger partial charge in [-0.3, -0.25) is 4.90 Å². The Morgan fingerprint density at radius 2 is 1.70 bits per heavy atom. The summed E-state index contributed by atoms with van der Waals surface area (Å²) in [5, 5.41) is 1.14. The van der Waals surface area contributed by atoms with E-state index in [0.717, 1.165) is 35.2 Å². The summed E-state index contributed by atoms with van der Waals surface area (Å²) in [6.45, 7) is 2.82. The number of benzene rings is 2. The highest BCUT2D eigenvalue weighted by molar-refractivity contribution is 5.80. The second-order valence-electron chi connectivity index (χ2n) is 6.87. The maximum absolute atomic E-state index is 12.9. The standard InChI is InChI=1S/C21H21F3N2O/c22-21(23,24)17-7-5-15(6-8-17)20(26-9-11-27-12-10-26)14-18-13-16-3-1-2-4-19(16)25-18/h1-8,13,20,25H,9-12,14H2. The van der Waals surface area contributed by atoms with Crippen molar-refractivity contribution in [2.24, 2.45) is 0 Å². The van der Waals surface area contributed by atoms with Gasteiger partial charge in [0, 0.05) is 36.8 Å². The summed E-state index contributed by atoms with van der Waals surface area (Å²) in [6, 6.07) is 15.7. The fourth-order valence-corrected chi connectivity index (χ4v) is 3.69. The fourth-order valence-electron chi connectivity index (χ4n) is 3.69. The summed E-state index contributed by atoms with van der Waals surface area (Å²) in [4.78, 5) is 5.72. The molecule has 0 saturated carbocycles. The van der Waals surface area contributed by atoms with Gasteiger partial charge in [-0.25, -0.2) is 0 Å². The van der Waals surface area contributed by atoms with Gasteiger partial charge in [0.05, 0.1) is 18.8 Å². The number of nitrogens with zero attached hydrogens (tertiary/aromatic N) is 1. The van der Waals surface area contributed by atoms with E-state index in [4.69, 9.17) is 4.74 Å². The number of ether oxygens (including phenoxy) is 1. The minimum atomic E-state index is -4.32. The molecule has 6 heteroatoms. The first-order valence-corrected chi connectivity index (χ1v) is 9.06. The minimum absolute atomic E-state index is 0.00393. The zero-order chi connectivity index (χ0) is 18.9. The Hall–Kier alpha value is -2.31. The molecule has 1 aromatic heterocycles. The number of aromatic amines is 1. The molecule has 4 rings (SSSR count). The number of hydrogen-bond donors (Lipinski definition) is 1.